The summed E-state index contributed by atoms with van der Waals surface area (Å²) in [6.45, 7) is 0.301. The van der Waals surface area contributed by atoms with Gasteiger partial charge in [-0.1, -0.05) is 0 Å². The van der Waals surface area contributed by atoms with Crippen molar-refractivity contribution in [2.24, 2.45) is 0 Å². The van der Waals surface area contributed by atoms with Gasteiger partial charge in [0, 0.05) is 78.2 Å². The van der Waals surface area contributed by atoms with Gasteiger partial charge < -0.3 is 75.8 Å². The van der Waals surface area contributed by atoms with Gasteiger partial charge in [-0.3, -0.25) is 0 Å². The molecule has 0 saturated carbocycles. The van der Waals surface area contributed by atoms with E-state index in [9.17, 15) is 0 Å². The van der Waals surface area contributed by atoms with Gasteiger partial charge in [-0.25, -0.2) is 0 Å². The Kier molecular flexibility index (Phi) is 15.7. The molecule has 0 amide bonds. The second-order valence-electron chi connectivity index (χ2n) is 11.0. The minimum Gasteiger partial charge on any atom is -0.382 e. The number of rotatable bonds is 20. The molecule has 0 radical (unpaired) electrons. The smallest absolute Gasteiger partial charge is 0.224 e. The van der Waals surface area contributed by atoms with Crippen LogP contribution in [0.5, 0.6) is 0 Å². The third-order valence-electron chi connectivity index (χ3n) is 8.53. The van der Waals surface area contributed by atoms with Crippen LogP contribution < -0.4 is 0 Å². The molecule has 0 aliphatic carbocycles. The van der Waals surface area contributed by atoms with Crippen molar-refractivity contribution in [3.8, 4) is 0 Å². The van der Waals surface area contributed by atoms with E-state index in [-0.39, 0.29) is 33.0 Å². The SMILES string of the molecule is COC[C@H]1O[C@@](COC)(OC[C@@]2(O[C@H]3O[C@H](COC)[C@@H](OC)[C@H](OC)[C@H]3OC)O[C@H](COC)[C@@H](OC)[C@@H]2OC)[C@@H](OC)[C@@H]1OC. The molecule has 0 aromatic rings. The van der Waals surface area contributed by atoms with Gasteiger partial charge in [0.15, 0.2) is 6.29 Å². The van der Waals surface area contributed by atoms with Crippen molar-refractivity contribution >= 4 is 0 Å². The molecule has 3 aliphatic heterocycles. The summed E-state index contributed by atoms with van der Waals surface area (Å²) in [5.41, 5.74) is 0. The maximum atomic E-state index is 6.80. The Labute approximate surface area is 266 Å². The molecule has 0 aromatic carbocycles. The fourth-order valence-corrected chi connectivity index (χ4v) is 6.65. The van der Waals surface area contributed by atoms with Crippen molar-refractivity contribution < 1.29 is 75.8 Å². The first kappa shape index (κ1) is 38.8. The van der Waals surface area contributed by atoms with Gasteiger partial charge >= 0.3 is 0 Å². The van der Waals surface area contributed by atoms with Crippen molar-refractivity contribution in [3.63, 3.8) is 0 Å². The molecule has 3 saturated heterocycles. The van der Waals surface area contributed by atoms with Crippen molar-refractivity contribution in [2.45, 2.75) is 78.9 Å². The minimum atomic E-state index is -1.67. The standard InChI is InChI=1S/C29H54O16/c1-30-12-17-20(34-5)23(37-8)24(38-9)27(42-17)45-29(26(40-11)22(36-7)19(44-29)14-32-3)16-41-28(15-33-4)25(39-10)21(35-6)18(43-28)13-31-2/h17-27H,12-16H2,1-11H3/t17-,18-,19-,20-,21-,22-,23+,24-,25+,26+,27-,28-,29+/m1/s1. The Hall–Kier alpha value is -0.640. The molecular formula is C29H54O16. The van der Waals surface area contributed by atoms with Crippen LogP contribution in [0.15, 0.2) is 0 Å². The molecular weight excluding hydrogens is 604 g/mol. The van der Waals surface area contributed by atoms with E-state index in [0.29, 0.717) is 0 Å². The lowest BCUT2D eigenvalue weighted by Crippen LogP contribution is -2.65. The quantitative estimate of drug-likeness (QED) is 0.167. The predicted octanol–water partition coefficient (Wildman–Crippen LogP) is -0.375. The third-order valence-corrected chi connectivity index (χ3v) is 8.53. The summed E-state index contributed by atoms with van der Waals surface area (Å²) >= 11 is 0. The monoisotopic (exact) mass is 658 g/mol. The molecule has 16 heteroatoms. The summed E-state index contributed by atoms with van der Waals surface area (Å²) < 4.78 is 95.8. The topological polar surface area (TPSA) is 148 Å². The van der Waals surface area contributed by atoms with Gasteiger partial charge in [0.25, 0.3) is 0 Å². The summed E-state index contributed by atoms with van der Waals surface area (Å²) in [5.74, 6) is -3.13. The zero-order valence-corrected chi connectivity index (χ0v) is 28.4. The normalized spacial score (nSPS) is 42.1. The molecule has 0 bridgehead atoms. The van der Waals surface area contributed by atoms with Gasteiger partial charge in [-0.15, -0.1) is 0 Å². The van der Waals surface area contributed by atoms with E-state index < -0.39 is 78.9 Å². The zero-order chi connectivity index (χ0) is 33.2. The Morgan fingerprint density at radius 3 is 1.36 bits per heavy atom. The van der Waals surface area contributed by atoms with Crippen LogP contribution in [0.2, 0.25) is 0 Å². The molecule has 266 valence electrons. The van der Waals surface area contributed by atoms with Crippen LogP contribution in [0, 0.1) is 0 Å². The molecule has 16 nitrogen and oxygen atoms in total. The van der Waals surface area contributed by atoms with Crippen molar-refractivity contribution in [2.75, 3.05) is 111 Å². The average molecular weight is 659 g/mol. The van der Waals surface area contributed by atoms with E-state index >= 15 is 0 Å². The highest BCUT2D eigenvalue weighted by Gasteiger charge is 2.64. The fourth-order valence-electron chi connectivity index (χ4n) is 6.65. The average Bonchev–Trinajstić information content (AvgIpc) is 3.50. The van der Waals surface area contributed by atoms with Crippen molar-refractivity contribution in [1.82, 2.24) is 0 Å². The zero-order valence-electron chi connectivity index (χ0n) is 28.4. The van der Waals surface area contributed by atoms with E-state index in [1.165, 1.54) is 21.3 Å². The Morgan fingerprint density at radius 1 is 0.444 bits per heavy atom. The minimum absolute atomic E-state index is 0.0215. The highest BCUT2D eigenvalue weighted by Crippen LogP contribution is 2.43. The van der Waals surface area contributed by atoms with Crippen LogP contribution >= 0.6 is 0 Å². The van der Waals surface area contributed by atoms with E-state index in [1.807, 2.05) is 0 Å². The van der Waals surface area contributed by atoms with E-state index in [4.69, 9.17) is 75.8 Å². The van der Waals surface area contributed by atoms with E-state index in [0.717, 1.165) is 0 Å². The molecule has 3 fully saturated rings. The van der Waals surface area contributed by atoms with Crippen LogP contribution in [0.4, 0.5) is 0 Å². The summed E-state index contributed by atoms with van der Waals surface area (Å²) in [7, 11) is 17.1. The molecule has 3 rings (SSSR count). The van der Waals surface area contributed by atoms with Gasteiger partial charge in [-0.2, -0.15) is 0 Å². The van der Waals surface area contributed by atoms with Gasteiger partial charge in [0.2, 0.25) is 11.6 Å². The first-order chi connectivity index (χ1) is 21.8. The maximum Gasteiger partial charge on any atom is 0.224 e. The molecule has 0 unspecified atom stereocenters. The number of methoxy groups -OCH3 is 11. The summed E-state index contributed by atoms with van der Waals surface area (Å²) in [6, 6.07) is 0. The summed E-state index contributed by atoms with van der Waals surface area (Å²) in [5, 5.41) is 0. The lowest BCUT2D eigenvalue weighted by molar-refractivity contribution is -0.404. The second kappa shape index (κ2) is 18.2. The van der Waals surface area contributed by atoms with Crippen LogP contribution in [-0.2, 0) is 75.8 Å². The van der Waals surface area contributed by atoms with E-state index in [1.54, 1.807) is 56.9 Å². The summed E-state index contributed by atoms with van der Waals surface area (Å²) in [4.78, 5) is 0. The van der Waals surface area contributed by atoms with E-state index in [2.05, 4.69) is 0 Å². The molecule has 0 aromatic heterocycles. The second-order valence-corrected chi connectivity index (χ2v) is 11.0. The lowest BCUT2D eigenvalue weighted by atomic mass is 9.98. The van der Waals surface area contributed by atoms with Gasteiger partial charge in [0.1, 0.15) is 74.3 Å². The largest absolute Gasteiger partial charge is 0.382 e. The van der Waals surface area contributed by atoms with Crippen molar-refractivity contribution in [1.29, 1.82) is 0 Å². The summed E-state index contributed by atoms with van der Waals surface area (Å²) in [6.07, 6.45) is -7.42. The number of ether oxygens (including phenoxy) is 16. The predicted molar refractivity (Wildman–Crippen MR) is 154 cm³/mol. The fraction of sp³-hybridized carbons (Fsp3) is 1.00. The molecule has 45 heavy (non-hydrogen) atoms. The van der Waals surface area contributed by atoms with Gasteiger partial charge in [0.05, 0.1) is 19.8 Å². The molecule has 0 N–H and O–H groups in total. The van der Waals surface area contributed by atoms with Crippen LogP contribution in [0.1, 0.15) is 0 Å². The maximum absolute atomic E-state index is 6.80. The Morgan fingerprint density at radius 2 is 0.911 bits per heavy atom. The Balaban J connectivity index is 2.07. The van der Waals surface area contributed by atoms with Crippen LogP contribution in [-0.4, -0.2) is 190 Å². The van der Waals surface area contributed by atoms with Crippen molar-refractivity contribution in [3.05, 3.63) is 0 Å². The molecule has 0 spiro atoms. The highest BCUT2D eigenvalue weighted by molar-refractivity contribution is 5.04. The first-order valence-electron chi connectivity index (χ1n) is 14.8. The third kappa shape index (κ3) is 7.99. The van der Waals surface area contributed by atoms with Crippen LogP contribution in [0.25, 0.3) is 0 Å². The van der Waals surface area contributed by atoms with Gasteiger partial charge in [-0.05, 0) is 0 Å². The number of hydrogen-bond donors (Lipinski definition) is 0. The number of hydrogen-bond acceptors (Lipinski definition) is 16. The molecule has 3 heterocycles. The molecule has 3 aliphatic rings. The first-order valence-corrected chi connectivity index (χ1v) is 14.8. The Bertz CT molecular complexity index is 840. The van der Waals surface area contributed by atoms with Crippen LogP contribution in [0.3, 0.4) is 0 Å². The lowest BCUT2D eigenvalue weighted by Gasteiger charge is -2.47. The molecule has 13 atom stereocenters. The highest BCUT2D eigenvalue weighted by atomic mass is 16.8.